The highest BCUT2D eigenvalue weighted by Gasteiger charge is 2.32. The zero-order valence-electron chi connectivity index (χ0n) is 15.8. The highest BCUT2D eigenvalue weighted by molar-refractivity contribution is 7.89. The highest BCUT2D eigenvalue weighted by Crippen LogP contribution is 2.34. The molecule has 152 valence electrons. The second-order valence-electron chi connectivity index (χ2n) is 6.60. The molecule has 1 amide bonds. The molecule has 0 spiro atoms. The first-order chi connectivity index (χ1) is 13.9. The lowest BCUT2D eigenvalue weighted by Crippen LogP contribution is -2.35. The number of sulfonamides is 1. The number of methoxy groups -OCH3 is 1. The van der Waals surface area contributed by atoms with Gasteiger partial charge in [-0.3, -0.25) is 10.1 Å². The number of hydrogen-bond acceptors (Lipinski definition) is 7. The number of carbonyl (C=O) groups is 1. The van der Waals surface area contributed by atoms with Crippen LogP contribution in [-0.2, 0) is 23.0 Å². The number of ether oxygens (including phenoxy) is 1. The van der Waals surface area contributed by atoms with E-state index < -0.39 is 10.0 Å². The van der Waals surface area contributed by atoms with Crippen molar-refractivity contribution in [1.29, 1.82) is 0 Å². The molecule has 1 N–H and O–H groups in total. The molecule has 3 heterocycles. The van der Waals surface area contributed by atoms with Crippen LogP contribution < -0.4 is 10.1 Å². The predicted molar refractivity (Wildman–Crippen MR) is 113 cm³/mol. The van der Waals surface area contributed by atoms with Gasteiger partial charge >= 0.3 is 0 Å². The van der Waals surface area contributed by atoms with Gasteiger partial charge in [-0.2, -0.15) is 15.6 Å². The largest absolute Gasteiger partial charge is 0.495 e. The Kier molecular flexibility index (Phi) is 5.43. The van der Waals surface area contributed by atoms with Gasteiger partial charge in [0.1, 0.15) is 10.6 Å². The van der Waals surface area contributed by atoms with Crippen LogP contribution in [0.5, 0.6) is 5.75 Å². The van der Waals surface area contributed by atoms with Crippen LogP contribution in [0.25, 0.3) is 0 Å². The number of rotatable bonds is 5. The second-order valence-corrected chi connectivity index (χ2v) is 10.4. The van der Waals surface area contributed by atoms with Crippen molar-refractivity contribution < 1.29 is 17.9 Å². The predicted octanol–water partition coefficient (Wildman–Crippen LogP) is 3.52. The average Bonchev–Trinajstić information content (AvgIpc) is 3.36. The van der Waals surface area contributed by atoms with Gasteiger partial charge in [-0.05, 0) is 36.1 Å². The average molecular weight is 450 g/mol. The first-order valence-corrected chi connectivity index (χ1v) is 12.1. The monoisotopic (exact) mass is 449 g/mol. The van der Waals surface area contributed by atoms with E-state index in [2.05, 4.69) is 10.3 Å². The van der Waals surface area contributed by atoms with E-state index in [1.807, 2.05) is 18.4 Å². The molecule has 0 unspecified atom stereocenters. The van der Waals surface area contributed by atoms with Crippen LogP contribution in [0, 0.1) is 6.92 Å². The van der Waals surface area contributed by atoms with Crippen molar-refractivity contribution in [2.45, 2.75) is 24.8 Å². The maximum Gasteiger partial charge on any atom is 0.258 e. The van der Waals surface area contributed by atoms with E-state index >= 15 is 0 Å². The summed E-state index contributed by atoms with van der Waals surface area (Å²) in [4.78, 5) is 17.7. The van der Waals surface area contributed by atoms with Gasteiger partial charge < -0.3 is 4.74 Å². The topological polar surface area (TPSA) is 88.6 Å². The SMILES string of the molecule is COc1ccc(C)cc1S(=O)(=O)N1CCc2nc(NC(=O)c3ccsc3)sc2C1. The summed E-state index contributed by atoms with van der Waals surface area (Å²) in [5, 5.41) is 6.89. The molecule has 3 aromatic rings. The number of nitrogens with one attached hydrogen (secondary N) is 1. The summed E-state index contributed by atoms with van der Waals surface area (Å²) in [5.41, 5.74) is 2.26. The van der Waals surface area contributed by atoms with E-state index in [-0.39, 0.29) is 17.3 Å². The number of aromatic nitrogens is 1. The summed E-state index contributed by atoms with van der Waals surface area (Å²) in [7, 11) is -2.26. The van der Waals surface area contributed by atoms with E-state index in [1.165, 1.54) is 34.1 Å². The van der Waals surface area contributed by atoms with Gasteiger partial charge in [-0.25, -0.2) is 13.4 Å². The van der Waals surface area contributed by atoms with Crippen molar-refractivity contribution in [3.05, 3.63) is 56.7 Å². The van der Waals surface area contributed by atoms with E-state index in [0.29, 0.717) is 29.4 Å². The Hall–Kier alpha value is -2.27. The van der Waals surface area contributed by atoms with Crippen LogP contribution in [0.15, 0.2) is 39.9 Å². The van der Waals surface area contributed by atoms with Gasteiger partial charge in [0.15, 0.2) is 5.13 Å². The summed E-state index contributed by atoms with van der Waals surface area (Å²) >= 11 is 2.76. The molecule has 7 nitrogen and oxygen atoms in total. The van der Waals surface area contributed by atoms with Gasteiger partial charge in [0.05, 0.1) is 24.9 Å². The van der Waals surface area contributed by atoms with Crippen LogP contribution in [-0.4, -0.2) is 37.3 Å². The Morgan fingerprint density at radius 2 is 2.14 bits per heavy atom. The van der Waals surface area contributed by atoms with E-state index in [4.69, 9.17) is 4.74 Å². The third-order valence-corrected chi connectivity index (χ3v) is 8.18. The molecule has 1 aliphatic rings. The van der Waals surface area contributed by atoms with Gasteiger partial charge in [-0.15, -0.1) is 11.3 Å². The molecule has 4 rings (SSSR count). The Bertz CT molecular complexity index is 1150. The fraction of sp³-hybridized carbons (Fsp3) is 0.263. The van der Waals surface area contributed by atoms with Crippen molar-refractivity contribution in [3.63, 3.8) is 0 Å². The summed E-state index contributed by atoms with van der Waals surface area (Å²) in [6.07, 6.45) is 0.494. The molecule has 1 aliphatic heterocycles. The lowest BCUT2D eigenvalue weighted by molar-refractivity contribution is 0.102. The van der Waals surface area contributed by atoms with Crippen LogP contribution in [0.2, 0.25) is 0 Å². The first kappa shape index (κ1) is 20.0. The number of aryl methyl sites for hydroxylation is 1. The molecule has 10 heteroatoms. The number of benzene rings is 1. The molecule has 0 saturated heterocycles. The number of nitrogens with zero attached hydrogens (tertiary/aromatic N) is 2. The fourth-order valence-electron chi connectivity index (χ4n) is 3.12. The summed E-state index contributed by atoms with van der Waals surface area (Å²) in [6, 6.07) is 6.86. The molecule has 0 aliphatic carbocycles. The van der Waals surface area contributed by atoms with Gasteiger partial charge in [0.25, 0.3) is 5.91 Å². The normalized spacial score (nSPS) is 14.4. The number of amides is 1. The number of thiophene rings is 1. The summed E-state index contributed by atoms with van der Waals surface area (Å²) in [5.74, 6) is 0.112. The third-order valence-electron chi connectivity index (χ3n) is 4.64. The van der Waals surface area contributed by atoms with Crippen molar-refractivity contribution in [2.24, 2.45) is 0 Å². The Morgan fingerprint density at radius 3 is 2.86 bits per heavy atom. The Labute approximate surface area is 177 Å². The highest BCUT2D eigenvalue weighted by atomic mass is 32.2. The molecule has 0 saturated carbocycles. The molecule has 1 aromatic carbocycles. The molecular formula is C19H19N3O4S3. The maximum atomic E-state index is 13.2. The van der Waals surface area contributed by atoms with Crippen LogP contribution in [0.1, 0.15) is 26.5 Å². The van der Waals surface area contributed by atoms with E-state index in [0.717, 1.165) is 16.1 Å². The van der Waals surface area contributed by atoms with Crippen molar-refractivity contribution in [1.82, 2.24) is 9.29 Å². The Morgan fingerprint density at radius 1 is 1.31 bits per heavy atom. The van der Waals surface area contributed by atoms with Crippen LogP contribution in [0.3, 0.4) is 0 Å². The minimum atomic E-state index is -3.72. The van der Waals surface area contributed by atoms with Gasteiger partial charge in [0, 0.05) is 23.2 Å². The molecule has 0 radical (unpaired) electrons. The molecule has 2 aromatic heterocycles. The third kappa shape index (κ3) is 3.93. The smallest absolute Gasteiger partial charge is 0.258 e. The number of anilines is 1. The van der Waals surface area contributed by atoms with Gasteiger partial charge in [-0.1, -0.05) is 6.07 Å². The first-order valence-electron chi connectivity index (χ1n) is 8.85. The fourth-order valence-corrected chi connectivity index (χ4v) is 6.50. The number of carbonyl (C=O) groups excluding carboxylic acids is 1. The number of fused-ring (bicyclic) bond motifs is 1. The zero-order valence-corrected chi connectivity index (χ0v) is 18.3. The maximum absolute atomic E-state index is 13.2. The second kappa shape index (κ2) is 7.86. The van der Waals surface area contributed by atoms with E-state index in [9.17, 15) is 13.2 Å². The van der Waals surface area contributed by atoms with Crippen molar-refractivity contribution >= 4 is 43.7 Å². The van der Waals surface area contributed by atoms with Crippen molar-refractivity contribution in [2.75, 3.05) is 19.0 Å². The minimum absolute atomic E-state index is 0.166. The quantitative estimate of drug-likeness (QED) is 0.644. The molecular weight excluding hydrogens is 430 g/mol. The van der Waals surface area contributed by atoms with E-state index in [1.54, 1.807) is 23.6 Å². The molecule has 0 fully saturated rings. The molecule has 0 atom stereocenters. The molecule has 29 heavy (non-hydrogen) atoms. The molecule has 0 bridgehead atoms. The lowest BCUT2D eigenvalue weighted by Gasteiger charge is -2.26. The number of thiazole rings is 1. The standard InChI is InChI=1S/C19H19N3O4S3/c1-12-3-4-15(26-2)17(9-12)29(24,25)22-7-5-14-16(10-22)28-19(20-14)21-18(23)13-6-8-27-11-13/h3-4,6,8-9,11H,5,7,10H2,1-2H3,(H,20,21,23). The van der Waals surface area contributed by atoms with Crippen molar-refractivity contribution in [3.8, 4) is 5.75 Å². The lowest BCUT2D eigenvalue weighted by atomic mass is 10.2. The van der Waals surface area contributed by atoms with Crippen LogP contribution in [0.4, 0.5) is 5.13 Å². The summed E-state index contributed by atoms with van der Waals surface area (Å²) < 4.78 is 33.2. The Balaban J connectivity index is 1.57. The number of hydrogen-bond donors (Lipinski definition) is 1. The summed E-state index contributed by atoms with van der Waals surface area (Å²) in [6.45, 7) is 2.40. The van der Waals surface area contributed by atoms with Gasteiger partial charge in [0.2, 0.25) is 10.0 Å². The minimum Gasteiger partial charge on any atom is -0.495 e. The zero-order chi connectivity index (χ0) is 20.6. The van der Waals surface area contributed by atoms with Crippen LogP contribution >= 0.6 is 22.7 Å².